The first-order valence-corrected chi connectivity index (χ1v) is 5.18. The number of nitrogens with one attached hydrogen (secondary N) is 1. The Morgan fingerprint density at radius 2 is 2.33 bits per heavy atom. The third kappa shape index (κ3) is 5.17. The molecule has 0 saturated heterocycles. The van der Waals surface area contributed by atoms with Crippen LogP contribution in [-0.4, -0.2) is 33.9 Å². The van der Waals surface area contributed by atoms with Gasteiger partial charge in [-0.1, -0.05) is 0 Å². The Kier molecular flexibility index (Phi) is 5.47. The van der Waals surface area contributed by atoms with Crippen molar-refractivity contribution in [3.63, 3.8) is 0 Å². The molecule has 0 aromatic carbocycles. The number of aliphatic hydroxyl groups is 1. The Bertz CT molecular complexity index is 272. The maximum atomic E-state index is 11.1. The first-order chi connectivity index (χ1) is 7.33. The summed E-state index contributed by atoms with van der Waals surface area (Å²) >= 11 is 0. The average molecular weight is 211 g/mol. The zero-order valence-corrected chi connectivity index (χ0v) is 8.72. The van der Waals surface area contributed by atoms with E-state index < -0.39 is 0 Å². The highest BCUT2D eigenvalue weighted by atomic mass is 16.3. The molecule has 1 aromatic rings. The van der Waals surface area contributed by atoms with E-state index in [0.717, 1.165) is 13.0 Å². The van der Waals surface area contributed by atoms with Gasteiger partial charge in [0.2, 0.25) is 5.91 Å². The first kappa shape index (κ1) is 11.7. The van der Waals surface area contributed by atoms with Gasteiger partial charge >= 0.3 is 0 Å². The number of aliphatic hydroxyl groups excluding tert-OH is 1. The molecule has 0 aliphatic carbocycles. The molecule has 0 atom stereocenters. The van der Waals surface area contributed by atoms with Crippen LogP contribution in [0.2, 0.25) is 0 Å². The van der Waals surface area contributed by atoms with Gasteiger partial charge in [0, 0.05) is 38.5 Å². The van der Waals surface area contributed by atoms with Gasteiger partial charge in [-0.2, -0.15) is 5.10 Å². The van der Waals surface area contributed by atoms with Crippen molar-refractivity contribution in [2.45, 2.75) is 25.8 Å². The highest BCUT2D eigenvalue weighted by Gasteiger charge is 1.99. The number of hydrogen-bond acceptors (Lipinski definition) is 3. The van der Waals surface area contributed by atoms with Crippen LogP contribution in [0.15, 0.2) is 18.5 Å². The fraction of sp³-hybridized carbons (Fsp3) is 0.600. The van der Waals surface area contributed by atoms with Crippen LogP contribution in [0.1, 0.15) is 19.3 Å². The van der Waals surface area contributed by atoms with Gasteiger partial charge in [0.1, 0.15) is 0 Å². The summed E-state index contributed by atoms with van der Waals surface area (Å²) in [6.45, 7) is 1.54. The van der Waals surface area contributed by atoms with Crippen molar-refractivity contribution in [3.8, 4) is 0 Å². The van der Waals surface area contributed by atoms with E-state index in [1.807, 2.05) is 16.9 Å². The number of hydrogen-bond donors (Lipinski definition) is 2. The molecule has 0 radical (unpaired) electrons. The van der Waals surface area contributed by atoms with Crippen molar-refractivity contribution in [2.24, 2.45) is 0 Å². The summed E-state index contributed by atoms with van der Waals surface area (Å²) in [6, 6.07) is 1.87. The zero-order valence-electron chi connectivity index (χ0n) is 8.72. The summed E-state index contributed by atoms with van der Waals surface area (Å²) < 4.78 is 1.83. The van der Waals surface area contributed by atoms with Crippen molar-refractivity contribution in [2.75, 3.05) is 13.2 Å². The quantitative estimate of drug-likeness (QED) is 0.631. The Morgan fingerprint density at radius 1 is 1.47 bits per heavy atom. The minimum Gasteiger partial charge on any atom is -0.396 e. The molecule has 15 heavy (non-hydrogen) atoms. The van der Waals surface area contributed by atoms with Gasteiger partial charge in [0.15, 0.2) is 0 Å². The third-order valence-corrected chi connectivity index (χ3v) is 2.01. The molecule has 0 spiro atoms. The van der Waals surface area contributed by atoms with Crippen molar-refractivity contribution in [1.82, 2.24) is 15.1 Å². The number of nitrogens with zero attached hydrogens (tertiary/aromatic N) is 2. The van der Waals surface area contributed by atoms with Gasteiger partial charge < -0.3 is 10.4 Å². The number of carbonyl (C=O) groups excluding carboxylic acids is 1. The van der Waals surface area contributed by atoms with Crippen LogP contribution < -0.4 is 5.32 Å². The number of amides is 1. The Morgan fingerprint density at radius 3 is 3.00 bits per heavy atom. The highest BCUT2D eigenvalue weighted by Crippen LogP contribution is 1.90. The smallest absolute Gasteiger partial charge is 0.220 e. The number of rotatable bonds is 7. The van der Waals surface area contributed by atoms with Crippen LogP contribution in [0.25, 0.3) is 0 Å². The van der Waals surface area contributed by atoms with Gasteiger partial charge in [0.25, 0.3) is 0 Å². The number of carbonyl (C=O) groups is 1. The van der Waals surface area contributed by atoms with Crippen LogP contribution in [0, 0.1) is 0 Å². The lowest BCUT2D eigenvalue weighted by Gasteiger charge is -2.04. The minimum atomic E-state index is 0.00418. The molecule has 2 N–H and O–H groups in total. The molecule has 84 valence electrons. The van der Waals surface area contributed by atoms with E-state index in [1.165, 1.54) is 0 Å². The van der Waals surface area contributed by atoms with Crippen LogP contribution in [0.3, 0.4) is 0 Å². The molecule has 1 heterocycles. The van der Waals surface area contributed by atoms with E-state index in [2.05, 4.69) is 10.4 Å². The standard InChI is InChI=1S/C10H17N3O2/c14-9-1-4-10(15)11-5-2-7-13-8-3-6-12-13/h3,6,8,14H,1-2,4-5,7,9H2,(H,11,15). The minimum absolute atomic E-state index is 0.00418. The monoisotopic (exact) mass is 211 g/mol. The Labute approximate surface area is 89.1 Å². The SMILES string of the molecule is O=C(CCCO)NCCCn1cccn1. The molecule has 5 nitrogen and oxygen atoms in total. The summed E-state index contributed by atoms with van der Waals surface area (Å²) in [5.74, 6) is 0.00418. The molecule has 0 unspecified atom stereocenters. The van der Waals surface area contributed by atoms with Crippen LogP contribution in [-0.2, 0) is 11.3 Å². The predicted molar refractivity (Wildman–Crippen MR) is 56.2 cm³/mol. The fourth-order valence-electron chi connectivity index (χ4n) is 1.23. The molecular formula is C10H17N3O2. The second-order valence-corrected chi connectivity index (χ2v) is 3.30. The summed E-state index contributed by atoms with van der Waals surface area (Å²) in [5, 5.41) is 15.4. The average Bonchev–Trinajstić information content (AvgIpc) is 2.74. The van der Waals surface area contributed by atoms with Gasteiger partial charge in [-0.05, 0) is 18.9 Å². The molecule has 0 saturated carbocycles. The van der Waals surface area contributed by atoms with Crippen LogP contribution in [0.5, 0.6) is 0 Å². The lowest BCUT2D eigenvalue weighted by molar-refractivity contribution is -0.121. The predicted octanol–water partition coefficient (Wildman–Crippen LogP) is 0.162. The van der Waals surface area contributed by atoms with Crippen molar-refractivity contribution in [3.05, 3.63) is 18.5 Å². The number of aryl methyl sites for hydroxylation is 1. The molecule has 0 bridgehead atoms. The molecule has 1 amide bonds. The van der Waals surface area contributed by atoms with E-state index >= 15 is 0 Å². The normalized spacial score (nSPS) is 10.2. The zero-order chi connectivity index (χ0) is 10.9. The molecule has 1 aromatic heterocycles. The summed E-state index contributed by atoms with van der Waals surface area (Å²) in [5.41, 5.74) is 0. The van der Waals surface area contributed by atoms with Crippen molar-refractivity contribution < 1.29 is 9.90 Å². The molecular weight excluding hydrogens is 194 g/mol. The first-order valence-electron chi connectivity index (χ1n) is 5.18. The van der Waals surface area contributed by atoms with Gasteiger partial charge in [0.05, 0.1) is 0 Å². The Hall–Kier alpha value is -1.36. The van der Waals surface area contributed by atoms with Gasteiger partial charge in [-0.25, -0.2) is 0 Å². The lowest BCUT2D eigenvalue weighted by atomic mass is 10.3. The summed E-state index contributed by atoms with van der Waals surface area (Å²) in [6.07, 6.45) is 5.43. The largest absolute Gasteiger partial charge is 0.396 e. The van der Waals surface area contributed by atoms with Crippen molar-refractivity contribution in [1.29, 1.82) is 0 Å². The summed E-state index contributed by atoms with van der Waals surface area (Å²) in [7, 11) is 0. The topological polar surface area (TPSA) is 67.2 Å². The third-order valence-electron chi connectivity index (χ3n) is 2.01. The summed E-state index contributed by atoms with van der Waals surface area (Å²) in [4.78, 5) is 11.1. The van der Waals surface area contributed by atoms with E-state index in [-0.39, 0.29) is 12.5 Å². The molecule has 0 fully saturated rings. The number of aromatic nitrogens is 2. The highest BCUT2D eigenvalue weighted by molar-refractivity contribution is 5.75. The maximum absolute atomic E-state index is 11.1. The molecule has 5 heteroatoms. The van der Waals surface area contributed by atoms with E-state index in [0.29, 0.717) is 19.4 Å². The molecule has 0 aliphatic heterocycles. The second-order valence-electron chi connectivity index (χ2n) is 3.30. The van der Waals surface area contributed by atoms with Gasteiger partial charge in [-0.3, -0.25) is 9.48 Å². The van der Waals surface area contributed by atoms with E-state index in [9.17, 15) is 4.79 Å². The molecule has 0 aliphatic rings. The maximum Gasteiger partial charge on any atom is 0.220 e. The van der Waals surface area contributed by atoms with Gasteiger partial charge in [-0.15, -0.1) is 0 Å². The fourth-order valence-corrected chi connectivity index (χ4v) is 1.23. The second kappa shape index (κ2) is 7.00. The lowest BCUT2D eigenvalue weighted by Crippen LogP contribution is -2.25. The molecule has 1 rings (SSSR count). The van der Waals surface area contributed by atoms with Crippen molar-refractivity contribution >= 4 is 5.91 Å². The van der Waals surface area contributed by atoms with Crippen LogP contribution in [0.4, 0.5) is 0 Å². The van der Waals surface area contributed by atoms with E-state index in [4.69, 9.17) is 5.11 Å². The van der Waals surface area contributed by atoms with E-state index in [1.54, 1.807) is 6.20 Å². The van der Waals surface area contributed by atoms with Crippen LogP contribution >= 0.6 is 0 Å². The Balaban J connectivity index is 1.99.